The molecule has 0 unspecified atom stereocenters. The van der Waals surface area contributed by atoms with Gasteiger partial charge in [-0.3, -0.25) is 4.79 Å². The molecule has 0 amide bonds. The Bertz CT molecular complexity index is 188. The highest BCUT2D eigenvalue weighted by Crippen LogP contribution is 2.16. The van der Waals surface area contributed by atoms with E-state index in [0.29, 0.717) is 18.7 Å². The fourth-order valence-corrected chi connectivity index (χ4v) is 1.08. The number of carbonyl (C=O) groups is 1. The molecule has 1 heterocycles. The number of carbonyl (C=O) groups excluding carboxylic acids is 1. The van der Waals surface area contributed by atoms with Crippen LogP contribution in [-0.2, 0) is 4.79 Å². The zero-order chi connectivity index (χ0) is 8.48. The maximum Gasteiger partial charge on any atom is 0.155 e. The highest BCUT2D eigenvalue weighted by Gasteiger charge is 2.21. The van der Waals surface area contributed by atoms with Gasteiger partial charge >= 0.3 is 0 Å². The van der Waals surface area contributed by atoms with Crippen LogP contribution in [0.25, 0.3) is 0 Å². The van der Waals surface area contributed by atoms with Crippen LogP contribution in [0.3, 0.4) is 0 Å². The first-order valence-electron chi connectivity index (χ1n) is 3.95. The predicted octanol–water partition coefficient (Wildman–Crippen LogP) is 1.57. The van der Waals surface area contributed by atoms with Gasteiger partial charge in [-0.05, 0) is 27.0 Å². The van der Waals surface area contributed by atoms with E-state index in [-0.39, 0.29) is 5.54 Å². The normalized spacial score (nSPS) is 19.2. The van der Waals surface area contributed by atoms with Crippen molar-refractivity contribution in [3.63, 3.8) is 0 Å². The third kappa shape index (κ3) is 2.07. The van der Waals surface area contributed by atoms with Crippen molar-refractivity contribution in [3.8, 4) is 0 Å². The fourth-order valence-electron chi connectivity index (χ4n) is 1.08. The maximum absolute atomic E-state index is 11.0. The van der Waals surface area contributed by atoms with Gasteiger partial charge in [-0.25, -0.2) is 0 Å². The Morgan fingerprint density at radius 3 is 2.45 bits per heavy atom. The Hall–Kier alpha value is -0.790. The van der Waals surface area contributed by atoms with E-state index in [1.165, 1.54) is 0 Å². The van der Waals surface area contributed by atoms with Gasteiger partial charge in [0.05, 0.1) is 6.54 Å². The zero-order valence-corrected chi connectivity index (χ0v) is 7.42. The van der Waals surface area contributed by atoms with E-state index in [1.807, 2.05) is 12.3 Å². The Labute approximate surface area is 67.9 Å². The van der Waals surface area contributed by atoms with Gasteiger partial charge < -0.3 is 4.90 Å². The second-order valence-electron chi connectivity index (χ2n) is 3.93. The van der Waals surface area contributed by atoms with Crippen LogP contribution in [0.1, 0.15) is 27.2 Å². The Morgan fingerprint density at radius 1 is 1.45 bits per heavy atom. The minimum Gasteiger partial charge on any atom is -0.366 e. The molecule has 0 fully saturated rings. The Balaban J connectivity index is 2.68. The Kier molecular flexibility index (Phi) is 2.03. The van der Waals surface area contributed by atoms with Crippen molar-refractivity contribution in [3.05, 3.63) is 12.3 Å². The van der Waals surface area contributed by atoms with E-state index in [1.54, 1.807) is 0 Å². The molecule has 0 aromatic carbocycles. The molecule has 0 aliphatic carbocycles. The van der Waals surface area contributed by atoms with Gasteiger partial charge in [-0.1, -0.05) is 6.08 Å². The molecule has 2 heteroatoms. The van der Waals surface area contributed by atoms with E-state index < -0.39 is 0 Å². The SMILES string of the molecule is CC(C)(C)N1C=CCC(=O)C1. The molecule has 0 aromatic rings. The van der Waals surface area contributed by atoms with Gasteiger partial charge in [0.15, 0.2) is 5.78 Å². The smallest absolute Gasteiger partial charge is 0.155 e. The van der Waals surface area contributed by atoms with Gasteiger partial charge in [0.1, 0.15) is 0 Å². The lowest BCUT2D eigenvalue weighted by molar-refractivity contribution is -0.120. The summed E-state index contributed by atoms with van der Waals surface area (Å²) in [5.74, 6) is 0.308. The summed E-state index contributed by atoms with van der Waals surface area (Å²) in [5.41, 5.74) is 0.0760. The van der Waals surface area contributed by atoms with Crippen molar-refractivity contribution in [1.82, 2.24) is 4.90 Å². The summed E-state index contributed by atoms with van der Waals surface area (Å²) in [7, 11) is 0. The van der Waals surface area contributed by atoms with Crippen molar-refractivity contribution in [2.24, 2.45) is 0 Å². The largest absolute Gasteiger partial charge is 0.366 e. The number of rotatable bonds is 0. The number of hydrogen-bond acceptors (Lipinski definition) is 2. The number of hydrogen-bond donors (Lipinski definition) is 0. The van der Waals surface area contributed by atoms with Gasteiger partial charge in [0, 0.05) is 12.0 Å². The average molecular weight is 153 g/mol. The van der Waals surface area contributed by atoms with E-state index in [0.717, 1.165) is 0 Å². The van der Waals surface area contributed by atoms with Crippen molar-refractivity contribution in [2.45, 2.75) is 32.7 Å². The third-order valence-corrected chi connectivity index (χ3v) is 1.84. The highest BCUT2D eigenvalue weighted by atomic mass is 16.1. The van der Waals surface area contributed by atoms with Crippen LogP contribution < -0.4 is 0 Å². The number of ketones is 1. The summed E-state index contributed by atoms with van der Waals surface area (Å²) in [6, 6.07) is 0. The van der Waals surface area contributed by atoms with Crippen molar-refractivity contribution in [1.29, 1.82) is 0 Å². The number of Topliss-reactive ketones (excluding diaryl/α,β-unsaturated/α-hetero) is 1. The monoisotopic (exact) mass is 153 g/mol. The molecule has 11 heavy (non-hydrogen) atoms. The molecule has 0 saturated heterocycles. The maximum atomic E-state index is 11.0. The molecule has 1 aliphatic rings. The first-order chi connectivity index (χ1) is 5.00. The molecule has 0 bridgehead atoms. The van der Waals surface area contributed by atoms with Gasteiger partial charge in [-0.15, -0.1) is 0 Å². The average Bonchev–Trinajstić information content (AvgIpc) is 1.86. The van der Waals surface area contributed by atoms with E-state index in [4.69, 9.17) is 0 Å². The first kappa shape index (κ1) is 8.31. The van der Waals surface area contributed by atoms with Crippen LogP contribution in [0.2, 0.25) is 0 Å². The molecule has 62 valence electrons. The predicted molar refractivity (Wildman–Crippen MR) is 45.2 cm³/mol. The third-order valence-electron chi connectivity index (χ3n) is 1.84. The molecule has 0 atom stereocenters. The Morgan fingerprint density at radius 2 is 2.09 bits per heavy atom. The minimum absolute atomic E-state index is 0.0760. The van der Waals surface area contributed by atoms with Crippen LogP contribution in [0.15, 0.2) is 12.3 Å². The molecule has 1 aliphatic heterocycles. The molecule has 0 aromatic heterocycles. The minimum atomic E-state index is 0.0760. The molecular weight excluding hydrogens is 138 g/mol. The summed E-state index contributed by atoms with van der Waals surface area (Å²) >= 11 is 0. The van der Waals surface area contributed by atoms with Crippen LogP contribution >= 0.6 is 0 Å². The molecular formula is C9H15NO. The molecule has 0 N–H and O–H groups in total. The summed E-state index contributed by atoms with van der Waals surface area (Å²) in [6.07, 6.45) is 4.55. The first-order valence-corrected chi connectivity index (χ1v) is 3.95. The summed E-state index contributed by atoms with van der Waals surface area (Å²) < 4.78 is 0. The van der Waals surface area contributed by atoms with Gasteiger partial charge in [0.25, 0.3) is 0 Å². The summed E-state index contributed by atoms with van der Waals surface area (Å²) in [6.45, 7) is 6.89. The van der Waals surface area contributed by atoms with Crippen LogP contribution in [-0.4, -0.2) is 22.8 Å². The quantitative estimate of drug-likeness (QED) is 0.526. The van der Waals surface area contributed by atoms with Gasteiger partial charge in [-0.2, -0.15) is 0 Å². The molecule has 0 saturated carbocycles. The van der Waals surface area contributed by atoms with Crippen LogP contribution in [0.5, 0.6) is 0 Å². The van der Waals surface area contributed by atoms with Crippen molar-refractivity contribution >= 4 is 5.78 Å². The molecule has 1 rings (SSSR count). The van der Waals surface area contributed by atoms with Crippen LogP contribution in [0, 0.1) is 0 Å². The van der Waals surface area contributed by atoms with Crippen molar-refractivity contribution < 1.29 is 4.79 Å². The van der Waals surface area contributed by atoms with Crippen molar-refractivity contribution in [2.75, 3.05) is 6.54 Å². The van der Waals surface area contributed by atoms with E-state index >= 15 is 0 Å². The number of nitrogens with zero attached hydrogens (tertiary/aromatic N) is 1. The lowest BCUT2D eigenvalue weighted by Crippen LogP contribution is -2.41. The molecule has 0 spiro atoms. The van der Waals surface area contributed by atoms with Gasteiger partial charge in [0.2, 0.25) is 0 Å². The lowest BCUT2D eigenvalue weighted by Gasteiger charge is -2.35. The molecule has 0 radical (unpaired) electrons. The number of allylic oxidation sites excluding steroid dienone is 1. The summed E-state index contributed by atoms with van der Waals surface area (Å²) in [4.78, 5) is 13.1. The zero-order valence-electron chi connectivity index (χ0n) is 7.42. The highest BCUT2D eigenvalue weighted by molar-refractivity contribution is 5.82. The van der Waals surface area contributed by atoms with Crippen LogP contribution in [0.4, 0.5) is 0 Å². The molecule has 2 nitrogen and oxygen atoms in total. The second kappa shape index (κ2) is 2.68. The topological polar surface area (TPSA) is 20.3 Å². The second-order valence-corrected chi connectivity index (χ2v) is 3.93. The lowest BCUT2D eigenvalue weighted by atomic mass is 10.0. The van der Waals surface area contributed by atoms with E-state index in [2.05, 4.69) is 25.7 Å². The summed E-state index contributed by atoms with van der Waals surface area (Å²) in [5, 5.41) is 0. The van der Waals surface area contributed by atoms with E-state index in [9.17, 15) is 4.79 Å². The fraction of sp³-hybridized carbons (Fsp3) is 0.667. The standard InChI is InChI=1S/C9H15NO/c1-9(2,3)10-6-4-5-8(11)7-10/h4,6H,5,7H2,1-3H3.